The minimum absolute atomic E-state index is 0.292. The molecule has 2 heteroatoms. The molecule has 0 aliphatic carbocycles. The normalized spacial score (nSPS) is 21.1. The SMILES string of the molecule is OCC(CCCC1CCCO1)Cc1ccccc1. The fraction of sp³-hybridized carbons (Fsp3) is 0.625. The van der Waals surface area contributed by atoms with Crippen LogP contribution in [0.1, 0.15) is 37.7 Å². The highest BCUT2D eigenvalue weighted by Crippen LogP contribution is 2.21. The molecule has 2 rings (SSSR count). The topological polar surface area (TPSA) is 29.5 Å². The Balaban J connectivity index is 1.68. The molecule has 2 nitrogen and oxygen atoms in total. The van der Waals surface area contributed by atoms with Crippen LogP contribution in [0.3, 0.4) is 0 Å². The van der Waals surface area contributed by atoms with Crippen LogP contribution >= 0.6 is 0 Å². The maximum absolute atomic E-state index is 9.45. The van der Waals surface area contributed by atoms with Crippen LogP contribution in [0.2, 0.25) is 0 Å². The molecular weight excluding hydrogens is 224 g/mol. The summed E-state index contributed by atoms with van der Waals surface area (Å²) in [5.41, 5.74) is 1.33. The second-order valence-electron chi connectivity index (χ2n) is 5.30. The summed E-state index contributed by atoms with van der Waals surface area (Å²) < 4.78 is 5.62. The Labute approximate surface area is 110 Å². The zero-order valence-corrected chi connectivity index (χ0v) is 11.1. The predicted molar refractivity (Wildman–Crippen MR) is 73.5 cm³/mol. The molecule has 0 spiro atoms. The van der Waals surface area contributed by atoms with Crippen molar-refractivity contribution in [1.82, 2.24) is 0 Å². The van der Waals surface area contributed by atoms with E-state index in [9.17, 15) is 5.11 Å². The number of ether oxygens (including phenoxy) is 1. The van der Waals surface area contributed by atoms with E-state index in [1.165, 1.54) is 24.8 Å². The summed E-state index contributed by atoms with van der Waals surface area (Å²) in [6, 6.07) is 10.5. The summed E-state index contributed by atoms with van der Waals surface area (Å²) in [6.45, 7) is 1.23. The summed E-state index contributed by atoms with van der Waals surface area (Å²) in [4.78, 5) is 0. The van der Waals surface area contributed by atoms with Gasteiger partial charge in [0, 0.05) is 13.2 Å². The zero-order valence-electron chi connectivity index (χ0n) is 11.1. The summed E-state index contributed by atoms with van der Waals surface area (Å²) in [6.07, 6.45) is 7.35. The molecule has 2 atom stereocenters. The Morgan fingerprint density at radius 1 is 1.28 bits per heavy atom. The van der Waals surface area contributed by atoms with Crippen LogP contribution in [0.15, 0.2) is 30.3 Å². The largest absolute Gasteiger partial charge is 0.396 e. The molecule has 1 aliphatic heterocycles. The quantitative estimate of drug-likeness (QED) is 0.803. The Morgan fingerprint density at radius 2 is 2.11 bits per heavy atom. The third-order valence-corrected chi connectivity index (χ3v) is 3.79. The summed E-state index contributed by atoms with van der Waals surface area (Å²) in [5.74, 6) is 0.397. The fourth-order valence-electron chi connectivity index (χ4n) is 2.71. The van der Waals surface area contributed by atoms with Gasteiger partial charge in [-0.15, -0.1) is 0 Å². The Hall–Kier alpha value is -0.860. The molecule has 18 heavy (non-hydrogen) atoms. The number of aliphatic hydroxyl groups is 1. The van der Waals surface area contributed by atoms with Crippen molar-refractivity contribution in [3.63, 3.8) is 0 Å². The fourth-order valence-corrected chi connectivity index (χ4v) is 2.71. The van der Waals surface area contributed by atoms with Gasteiger partial charge >= 0.3 is 0 Å². The van der Waals surface area contributed by atoms with Crippen LogP contribution in [0.4, 0.5) is 0 Å². The minimum atomic E-state index is 0.292. The van der Waals surface area contributed by atoms with E-state index in [0.29, 0.717) is 18.6 Å². The van der Waals surface area contributed by atoms with Crippen molar-refractivity contribution in [3.05, 3.63) is 35.9 Å². The van der Waals surface area contributed by atoms with Gasteiger partial charge in [-0.1, -0.05) is 36.8 Å². The highest BCUT2D eigenvalue weighted by molar-refractivity contribution is 5.15. The first-order valence-corrected chi connectivity index (χ1v) is 7.15. The number of rotatable bonds is 7. The maximum Gasteiger partial charge on any atom is 0.0576 e. The van der Waals surface area contributed by atoms with Crippen LogP contribution in [0.5, 0.6) is 0 Å². The van der Waals surface area contributed by atoms with Gasteiger partial charge in [0.25, 0.3) is 0 Å². The van der Waals surface area contributed by atoms with E-state index >= 15 is 0 Å². The van der Waals surface area contributed by atoms with Crippen molar-refractivity contribution < 1.29 is 9.84 Å². The Bertz CT molecular complexity index is 317. The molecule has 0 bridgehead atoms. The van der Waals surface area contributed by atoms with Crippen molar-refractivity contribution >= 4 is 0 Å². The van der Waals surface area contributed by atoms with Crippen LogP contribution in [-0.4, -0.2) is 24.4 Å². The lowest BCUT2D eigenvalue weighted by atomic mass is 9.94. The van der Waals surface area contributed by atoms with Gasteiger partial charge in [-0.25, -0.2) is 0 Å². The molecule has 1 fully saturated rings. The van der Waals surface area contributed by atoms with E-state index in [0.717, 1.165) is 25.9 Å². The van der Waals surface area contributed by atoms with Gasteiger partial charge in [-0.2, -0.15) is 0 Å². The molecule has 1 heterocycles. The van der Waals surface area contributed by atoms with Crippen LogP contribution in [0.25, 0.3) is 0 Å². The van der Waals surface area contributed by atoms with E-state index in [4.69, 9.17) is 4.74 Å². The Morgan fingerprint density at radius 3 is 2.78 bits per heavy atom. The molecular formula is C16H24O2. The lowest BCUT2D eigenvalue weighted by Crippen LogP contribution is -2.11. The minimum Gasteiger partial charge on any atom is -0.396 e. The van der Waals surface area contributed by atoms with Gasteiger partial charge in [0.15, 0.2) is 0 Å². The first-order chi connectivity index (χ1) is 8.88. The molecule has 0 saturated carbocycles. The highest BCUT2D eigenvalue weighted by Gasteiger charge is 2.16. The average molecular weight is 248 g/mol. The van der Waals surface area contributed by atoms with Gasteiger partial charge in [0.1, 0.15) is 0 Å². The standard InChI is InChI=1S/C16H24O2/c17-13-15(12-14-6-2-1-3-7-14)8-4-9-16-10-5-11-18-16/h1-3,6-7,15-17H,4-5,8-13H2. The average Bonchev–Trinajstić information content (AvgIpc) is 2.92. The lowest BCUT2D eigenvalue weighted by Gasteiger charge is -2.15. The van der Waals surface area contributed by atoms with Gasteiger partial charge in [-0.05, 0) is 43.6 Å². The van der Waals surface area contributed by atoms with Crippen molar-refractivity contribution in [1.29, 1.82) is 0 Å². The molecule has 1 aliphatic rings. The van der Waals surface area contributed by atoms with E-state index in [-0.39, 0.29) is 0 Å². The highest BCUT2D eigenvalue weighted by atomic mass is 16.5. The maximum atomic E-state index is 9.45. The van der Waals surface area contributed by atoms with Gasteiger partial charge in [0.2, 0.25) is 0 Å². The van der Waals surface area contributed by atoms with Crippen LogP contribution < -0.4 is 0 Å². The molecule has 0 amide bonds. The van der Waals surface area contributed by atoms with Crippen molar-refractivity contribution in [2.45, 2.75) is 44.6 Å². The van der Waals surface area contributed by atoms with Gasteiger partial charge < -0.3 is 9.84 Å². The number of benzene rings is 1. The molecule has 0 radical (unpaired) electrons. The van der Waals surface area contributed by atoms with Crippen molar-refractivity contribution in [2.75, 3.05) is 13.2 Å². The monoisotopic (exact) mass is 248 g/mol. The molecule has 1 saturated heterocycles. The smallest absolute Gasteiger partial charge is 0.0576 e. The Kier molecular flexibility index (Phi) is 5.69. The molecule has 2 unspecified atom stereocenters. The number of aliphatic hydroxyl groups excluding tert-OH is 1. The number of hydrogen-bond acceptors (Lipinski definition) is 2. The third-order valence-electron chi connectivity index (χ3n) is 3.79. The van der Waals surface area contributed by atoms with Crippen molar-refractivity contribution in [3.8, 4) is 0 Å². The van der Waals surface area contributed by atoms with E-state index in [2.05, 4.69) is 24.3 Å². The van der Waals surface area contributed by atoms with Gasteiger partial charge in [0.05, 0.1) is 6.10 Å². The summed E-state index contributed by atoms with van der Waals surface area (Å²) in [7, 11) is 0. The molecule has 1 aromatic carbocycles. The van der Waals surface area contributed by atoms with E-state index in [1.807, 2.05) is 6.07 Å². The van der Waals surface area contributed by atoms with Crippen LogP contribution in [-0.2, 0) is 11.2 Å². The zero-order chi connectivity index (χ0) is 12.6. The van der Waals surface area contributed by atoms with Crippen LogP contribution in [0, 0.1) is 5.92 Å². The second kappa shape index (κ2) is 7.55. The third kappa shape index (κ3) is 4.43. The van der Waals surface area contributed by atoms with E-state index < -0.39 is 0 Å². The van der Waals surface area contributed by atoms with Crippen molar-refractivity contribution in [2.24, 2.45) is 5.92 Å². The first kappa shape index (κ1) is 13.6. The lowest BCUT2D eigenvalue weighted by molar-refractivity contribution is 0.0990. The van der Waals surface area contributed by atoms with E-state index in [1.54, 1.807) is 0 Å². The summed E-state index contributed by atoms with van der Waals surface area (Å²) >= 11 is 0. The summed E-state index contributed by atoms with van der Waals surface area (Å²) in [5, 5.41) is 9.45. The first-order valence-electron chi connectivity index (χ1n) is 7.15. The molecule has 0 aromatic heterocycles. The molecule has 100 valence electrons. The van der Waals surface area contributed by atoms with Gasteiger partial charge in [-0.3, -0.25) is 0 Å². The predicted octanol–water partition coefficient (Wildman–Crippen LogP) is 3.19. The second-order valence-corrected chi connectivity index (χ2v) is 5.30. The number of hydrogen-bond donors (Lipinski definition) is 1. The molecule has 1 N–H and O–H groups in total. The molecule has 1 aromatic rings.